The van der Waals surface area contributed by atoms with Crippen LogP contribution in [0.2, 0.25) is 0 Å². The van der Waals surface area contributed by atoms with E-state index in [1.165, 1.54) is 5.56 Å². The number of nitrogens with one attached hydrogen (secondary N) is 1. The number of aromatic nitrogens is 1. The number of hydrogen-bond acceptors (Lipinski definition) is 3. The Morgan fingerprint density at radius 1 is 1.08 bits per heavy atom. The molecule has 1 aliphatic rings. The van der Waals surface area contributed by atoms with E-state index >= 15 is 0 Å². The summed E-state index contributed by atoms with van der Waals surface area (Å²) in [4.78, 5) is 17.3. The van der Waals surface area contributed by atoms with E-state index in [-0.39, 0.29) is 11.3 Å². The lowest BCUT2D eigenvalue weighted by atomic mass is 9.85. The molecular weight excluding hydrogens is 308 g/mol. The van der Waals surface area contributed by atoms with Crippen molar-refractivity contribution in [3.63, 3.8) is 0 Å². The van der Waals surface area contributed by atoms with E-state index in [9.17, 15) is 4.79 Å². The van der Waals surface area contributed by atoms with Gasteiger partial charge in [-0.2, -0.15) is 0 Å². The average molecular weight is 328 g/mol. The molecule has 0 aliphatic carbocycles. The highest BCUT2D eigenvalue weighted by atomic mass is 16.1. The molecule has 3 aromatic rings. The number of para-hydroxylation sites is 1. The van der Waals surface area contributed by atoms with Gasteiger partial charge in [-0.05, 0) is 38.0 Å². The van der Waals surface area contributed by atoms with Gasteiger partial charge in [0, 0.05) is 40.0 Å². The van der Waals surface area contributed by atoms with E-state index in [0.29, 0.717) is 5.56 Å². The molecule has 124 valence electrons. The predicted molar refractivity (Wildman–Crippen MR) is 101 cm³/mol. The highest BCUT2D eigenvalue weighted by Gasteiger charge is 2.27. The maximum atomic E-state index is 13.0. The second-order valence-corrected chi connectivity index (χ2v) is 7.14. The predicted octanol–water partition coefficient (Wildman–Crippen LogP) is 4.38. The summed E-state index contributed by atoms with van der Waals surface area (Å²) in [6, 6.07) is 17.8. The Kier molecular flexibility index (Phi) is 3.65. The zero-order valence-electron chi connectivity index (χ0n) is 14.4. The van der Waals surface area contributed by atoms with Crippen LogP contribution in [-0.4, -0.2) is 16.3 Å². The summed E-state index contributed by atoms with van der Waals surface area (Å²) in [5, 5.41) is 4.41. The maximum Gasteiger partial charge on any atom is 0.188 e. The van der Waals surface area contributed by atoms with E-state index < -0.39 is 0 Å². The molecule has 0 amide bonds. The van der Waals surface area contributed by atoms with Crippen LogP contribution in [0.4, 0.5) is 0 Å². The Hall–Kier alpha value is -2.94. The minimum atomic E-state index is -0.0826. The molecule has 0 unspecified atom stereocenters. The molecule has 3 nitrogen and oxygen atoms in total. The monoisotopic (exact) mass is 328 g/mol. The number of fused-ring (bicyclic) bond motifs is 2. The lowest BCUT2D eigenvalue weighted by Crippen LogP contribution is -2.43. The lowest BCUT2D eigenvalue weighted by molar-refractivity contribution is 0.104. The molecule has 4 rings (SSSR count). The number of pyridine rings is 1. The largest absolute Gasteiger partial charge is 0.379 e. The number of benzene rings is 2. The fourth-order valence-electron chi connectivity index (χ4n) is 3.52. The van der Waals surface area contributed by atoms with E-state index in [4.69, 9.17) is 0 Å². The molecule has 0 spiro atoms. The summed E-state index contributed by atoms with van der Waals surface area (Å²) in [6.07, 6.45) is 4.36. The second kappa shape index (κ2) is 5.85. The number of rotatable bonds is 2. The van der Waals surface area contributed by atoms with Gasteiger partial charge in [0.05, 0.1) is 5.52 Å². The van der Waals surface area contributed by atoms with Crippen LogP contribution in [0.3, 0.4) is 0 Å². The van der Waals surface area contributed by atoms with Gasteiger partial charge in [-0.15, -0.1) is 0 Å². The van der Waals surface area contributed by atoms with Crippen LogP contribution in [0.25, 0.3) is 16.6 Å². The van der Waals surface area contributed by atoms with Crippen molar-refractivity contribution >= 4 is 22.4 Å². The van der Waals surface area contributed by atoms with Gasteiger partial charge in [0.1, 0.15) is 0 Å². The summed E-state index contributed by atoms with van der Waals surface area (Å²) in [5.74, 6) is -0.00592. The molecule has 0 atom stereocenters. The van der Waals surface area contributed by atoms with Gasteiger partial charge < -0.3 is 5.32 Å². The van der Waals surface area contributed by atoms with Gasteiger partial charge in [-0.25, -0.2) is 0 Å². The van der Waals surface area contributed by atoms with Crippen LogP contribution in [0, 0.1) is 0 Å². The zero-order chi connectivity index (χ0) is 17.4. The van der Waals surface area contributed by atoms with Gasteiger partial charge >= 0.3 is 0 Å². The summed E-state index contributed by atoms with van der Waals surface area (Å²) >= 11 is 0. The number of hydrogen-bond donors (Lipinski definition) is 1. The van der Waals surface area contributed by atoms with Crippen LogP contribution in [-0.2, 0) is 6.42 Å². The Morgan fingerprint density at radius 2 is 1.84 bits per heavy atom. The molecule has 1 N–H and O–H groups in total. The average Bonchev–Trinajstić information content (AvgIpc) is 2.60. The number of ketones is 1. The van der Waals surface area contributed by atoms with Crippen LogP contribution < -0.4 is 5.32 Å². The number of nitrogens with zero attached hydrogens (tertiary/aromatic N) is 1. The van der Waals surface area contributed by atoms with Gasteiger partial charge in [0.15, 0.2) is 5.78 Å². The van der Waals surface area contributed by atoms with Crippen molar-refractivity contribution in [3.8, 4) is 0 Å². The normalized spacial score (nSPS) is 17.1. The van der Waals surface area contributed by atoms with Gasteiger partial charge in [-0.3, -0.25) is 9.78 Å². The minimum Gasteiger partial charge on any atom is -0.379 e. The topological polar surface area (TPSA) is 42.0 Å². The summed E-state index contributed by atoms with van der Waals surface area (Å²) in [7, 11) is 0. The smallest absolute Gasteiger partial charge is 0.188 e. The Morgan fingerprint density at radius 3 is 2.72 bits per heavy atom. The molecule has 0 saturated heterocycles. The summed E-state index contributed by atoms with van der Waals surface area (Å²) in [6.45, 7) is 4.31. The van der Waals surface area contributed by atoms with Gasteiger partial charge in [-0.1, -0.05) is 42.5 Å². The first kappa shape index (κ1) is 15.6. The first-order valence-electron chi connectivity index (χ1n) is 8.50. The quantitative estimate of drug-likeness (QED) is 0.560. The molecule has 1 aliphatic heterocycles. The van der Waals surface area contributed by atoms with Crippen LogP contribution in [0.15, 0.2) is 66.9 Å². The highest BCUT2D eigenvalue weighted by Crippen LogP contribution is 2.30. The molecule has 0 saturated carbocycles. The van der Waals surface area contributed by atoms with Crippen LogP contribution in [0.1, 0.15) is 35.3 Å². The number of carbonyl (C=O) groups excluding carboxylic acids is 1. The molecule has 0 bridgehead atoms. The SMILES string of the molecule is CC1(C)Cc2ccccc2C(=CC(=O)c2ccnc3ccccc23)N1. The first-order valence-corrected chi connectivity index (χ1v) is 8.50. The second-order valence-electron chi connectivity index (χ2n) is 7.14. The van der Waals surface area contributed by atoms with Crippen molar-refractivity contribution in [3.05, 3.63) is 83.6 Å². The number of carbonyl (C=O) groups is 1. The molecule has 0 fully saturated rings. The Balaban J connectivity index is 1.81. The third-order valence-electron chi connectivity index (χ3n) is 4.60. The van der Waals surface area contributed by atoms with Crippen LogP contribution in [0.5, 0.6) is 0 Å². The van der Waals surface area contributed by atoms with E-state index in [0.717, 1.165) is 28.6 Å². The van der Waals surface area contributed by atoms with Crippen LogP contribution >= 0.6 is 0 Å². The molecule has 2 aromatic carbocycles. The molecule has 0 radical (unpaired) electrons. The van der Waals surface area contributed by atoms with Crippen molar-refractivity contribution in [1.29, 1.82) is 0 Å². The summed E-state index contributed by atoms with van der Waals surface area (Å²) < 4.78 is 0. The Labute approximate surface area is 147 Å². The molecule has 1 aromatic heterocycles. The minimum absolute atomic E-state index is 0.00592. The lowest BCUT2D eigenvalue weighted by Gasteiger charge is -2.35. The third kappa shape index (κ3) is 2.93. The summed E-state index contributed by atoms with van der Waals surface area (Å²) in [5.41, 5.74) is 4.70. The van der Waals surface area contributed by atoms with Crippen molar-refractivity contribution in [2.24, 2.45) is 0 Å². The van der Waals surface area contributed by atoms with E-state index in [2.05, 4.69) is 42.3 Å². The third-order valence-corrected chi connectivity index (χ3v) is 4.60. The maximum absolute atomic E-state index is 13.0. The highest BCUT2D eigenvalue weighted by molar-refractivity contribution is 6.15. The molecule has 3 heteroatoms. The molecule has 2 heterocycles. The first-order chi connectivity index (χ1) is 12.0. The van der Waals surface area contributed by atoms with Crippen molar-refractivity contribution in [2.75, 3.05) is 0 Å². The zero-order valence-corrected chi connectivity index (χ0v) is 14.4. The fraction of sp³-hybridized carbons (Fsp3) is 0.182. The fourth-order valence-corrected chi connectivity index (χ4v) is 3.52. The van der Waals surface area contributed by atoms with Gasteiger partial charge in [0.2, 0.25) is 0 Å². The van der Waals surface area contributed by atoms with Crippen molar-refractivity contribution < 1.29 is 4.79 Å². The standard InChI is InChI=1S/C22H20N2O/c1-22(2)14-15-7-3-4-8-16(15)20(24-22)13-21(25)18-11-12-23-19-10-6-5-9-17(18)19/h3-13,24H,14H2,1-2H3. The number of allylic oxidation sites excluding steroid dienone is 1. The molecule has 25 heavy (non-hydrogen) atoms. The van der Waals surface area contributed by atoms with Crippen molar-refractivity contribution in [2.45, 2.75) is 25.8 Å². The molecular formula is C22H20N2O. The van der Waals surface area contributed by atoms with E-state index in [1.54, 1.807) is 18.3 Å². The van der Waals surface area contributed by atoms with Gasteiger partial charge in [0.25, 0.3) is 0 Å². The Bertz CT molecular complexity index is 996. The van der Waals surface area contributed by atoms with Crippen molar-refractivity contribution in [1.82, 2.24) is 10.3 Å². The van der Waals surface area contributed by atoms with E-state index in [1.807, 2.05) is 30.3 Å².